The lowest BCUT2D eigenvalue weighted by atomic mass is 10.1. The lowest BCUT2D eigenvalue weighted by molar-refractivity contribution is 0.0343. The van der Waals surface area contributed by atoms with Gasteiger partial charge in [0.15, 0.2) is 0 Å². The Hall–Kier alpha value is -1.88. The third kappa shape index (κ3) is 5.64. The minimum absolute atomic E-state index is 0.612. The molecule has 0 bridgehead atoms. The van der Waals surface area contributed by atoms with E-state index >= 15 is 0 Å². The first-order valence-corrected chi connectivity index (χ1v) is 8.67. The van der Waals surface area contributed by atoms with Gasteiger partial charge in [0.05, 0.1) is 13.2 Å². The summed E-state index contributed by atoms with van der Waals surface area (Å²) in [4.78, 5) is 2.39. The first-order valence-electron chi connectivity index (χ1n) is 8.67. The molecular formula is C20H26N2O2. The van der Waals surface area contributed by atoms with Gasteiger partial charge in [0.25, 0.3) is 0 Å². The molecule has 1 aliphatic rings. The van der Waals surface area contributed by atoms with Crippen LogP contribution in [0.1, 0.15) is 11.1 Å². The highest BCUT2D eigenvalue weighted by atomic mass is 16.5. The van der Waals surface area contributed by atoms with E-state index in [1.54, 1.807) is 0 Å². The van der Waals surface area contributed by atoms with Gasteiger partial charge in [-0.25, -0.2) is 0 Å². The molecule has 128 valence electrons. The minimum Gasteiger partial charge on any atom is -0.489 e. The number of ether oxygens (including phenoxy) is 2. The molecule has 0 aliphatic carbocycles. The smallest absolute Gasteiger partial charge is 0.119 e. The molecule has 0 radical (unpaired) electrons. The van der Waals surface area contributed by atoms with Crippen LogP contribution >= 0.6 is 0 Å². The summed E-state index contributed by atoms with van der Waals surface area (Å²) in [5.74, 6) is 0.920. The summed E-state index contributed by atoms with van der Waals surface area (Å²) >= 11 is 0. The normalized spacial score (nSPS) is 15.3. The number of hydrogen-bond donors (Lipinski definition) is 1. The summed E-state index contributed by atoms with van der Waals surface area (Å²) in [5.41, 5.74) is 2.52. The lowest BCUT2D eigenvalue weighted by Crippen LogP contribution is -2.42. The van der Waals surface area contributed by atoms with E-state index in [0.717, 1.165) is 51.7 Å². The van der Waals surface area contributed by atoms with Gasteiger partial charge < -0.3 is 14.8 Å². The fourth-order valence-corrected chi connectivity index (χ4v) is 2.72. The molecule has 0 saturated carbocycles. The summed E-state index contributed by atoms with van der Waals surface area (Å²) in [7, 11) is 0. The fraction of sp³-hybridized carbons (Fsp3) is 0.400. The second-order valence-electron chi connectivity index (χ2n) is 6.06. The van der Waals surface area contributed by atoms with Gasteiger partial charge >= 0.3 is 0 Å². The average Bonchev–Trinajstić information content (AvgIpc) is 2.66. The van der Waals surface area contributed by atoms with Crippen LogP contribution in [-0.2, 0) is 17.8 Å². The Morgan fingerprint density at radius 1 is 0.917 bits per heavy atom. The maximum atomic E-state index is 5.82. The van der Waals surface area contributed by atoms with E-state index in [4.69, 9.17) is 9.47 Å². The summed E-state index contributed by atoms with van der Waals surface area (Å²) in [5, 5.41) is 3.50. The molecule has 1 aliphatic heterocycles. The number of nitrogens with zero attached hydrogens (tertiary/aromatic N) is 1. The molecule has 1 fully saturated rings. The van der Waals surface area contributed by atoms with E-state index in [9.17, 15) is 0 Å². The molecule has 2 aromatic rings. The van der Waals surface area contributed by atoms with Crippen LogP contribution in [0.2, 0.25) is 0 Å². The van der Waals surface area contributed by atoms with Crippen LogP contribution < -0.4 is 10.1 Å². The van der Waals surface area contributed by atoms with E-state index < -0.39 is 0 Å². The Labute approximate surface area is 144 Å². The fourth-order valence-electron chi connectivity index (χ4n) is 2.72. The second kappa shape index (κ2) is 9.42. The third-order valence-corrected chi connectivity index (χ3v) is 4.20. The van der Waals surface area contributed by atoms with Crippen LogP contribution in [0, 0.1) is 0 Å². The summed E-state index contributed by atoms with van der Waals surface area (Å²) in [6, 6.07) is 18.7. The molecule has 0 amide bonds. The van der Waals surface area contributed by atoms with Crippen molar-refractivity contribution in [2.24, 2.45) is 0 Å². The van der Waals surface area contributed by atoms with Crippen molar-refractivity contribution in [3.63, 3.8) is 0 Å². The molecule has 4 heteroatoms. The van der Waals surface area contributed by atoms with Gasteiger partial charge in [-0.3, -0.25) is 4.90 Å². The van der Waals surface area contributed by atoms with Crippen molar-refractivity contribution in [2.75, 3.05) is 39.5 Å². The largest absolute Gasteiger partial charge is 0.489 e. The molecule has 1 N–H and O–H groups in total. The van der Waals surface area contributed by atoms with Crippen LogP contribution in [0.3, 0.4) is 0 Å². The Morgan fingerprint density at radius 2 is 1.67 bits per heavy atom. The standard InChI is InChI=1S/C20H26N2O2/c1-2-4-19(5-3-1)16-24-20-8-6-18(7-9-20)10-11-21-17-22-12-14-23-15-13-22/h1-9,21H,10-17H2. The van der Waals surface area contributed by atoms with Crippen LogP contribution in [0.25, 0.3) is 0 Å². The highest BCUT2D eigenvalue weighted by Gasteiger charge is 2.08. The van der Waals surface area contributed by atoms with Crippen molar-refractivity contribution in [3.8, 4) is 5.75 Å². The van der Waals surface area contributed by atoms with Crippen molar-refractivity contribution in [2.45, 2.75) is 13.0 Å². The van der Waals surface area contributed by atoms with Gasteiger partial charge in [0.2, 0.25) is 0 Å². The number of morpholine rings is 1. The van der Waals surface area contributed by atoms with E-state index in [2.05, 4.69) is 46.6 Å². The molecule has 0 spiro atoms. The molecule has 1 heterocycles. The average molecular weight is 326 g/mol. The predicted molar refractivity (Wildman–Crippen MR) is 96.2 cm³/mol. The van der Waals surface area contributed by atoms with Crippen molar-refractivity contribution in [3.05, 3.63) is 65.7 Å². The quantitative estimate of drug-likeness (QED) is 0.756. The molecule has 0 unspecified atom stereocenters. The Morgan fingerprint density at radius 3 is 2.42 bits per heavy atom. The number of hydrogen-bond acceptors (Lipinski definition) is 4. The topological polar surface area (TPSA) is 33.7 Å². The second-order valence-corrected chi connectivity index (χ2v) is 6.06. The Bertz CT molecular complexity index is 580. The van der Waals surface area contributed by atoms with Crippen LogP contribution in [-0.4, -0.2) is 44.4 Å². The molecule has 3 rings (SSSR count). The van der Waals surface area contributed by atoms with Crippen LogP contribution in [0.4, 0.5) is 0 Å². The highest BCUT2D eigenvalue weighted by Crippen LogP contribution is 2.14. The monoisotopic (exact) mass is 326 g/mol. The SMILES string of the molecule is c1ccc(COc2ccc(CCNCN3CCOCC3)cc2)cc1. The van der Waals surface area contributed by atoms with Crippen molar-refractivity contribution < 1.29 is 9.47 Å². The van der Waals surface area contributed by atoms with Gasteiger partial charge in [0.1, 0.15) is 12.4 Å². The summed E-state index contributed by atoms with van der Waals surface area (Å²) in [6.07, 6.45) is 1.03. The van der Waals surface area contributed by atoms with Crippen molar-refractivity contribution in [1.29, 1.82) is 0 Å². The Balaban J connectivity index is 1.35. The highest BCUT2D eigenvalue weighted by molar-refractivity contribution is 5.28. The molecular weight excluding hydrogens is 300 g/mol. The molecule has 0 aromatic heterocycles. The summed E-state index contributed by atoms with van der Waals surface area (Å²) < 4.78 is 11.2. The van der Waals surface area contributed by atoms with Crippen LogP contribution in [0.5, 0.6) is 5.75 Å². The van der Waals surface area contributed by atoms with Gasteiger partial charge in [0, 0.05) is 26.3 Å². The van der Waals surface area contributed by atoms with Gasteiger partial charge in [-0.2, -0.15) is 0 Å². The molecule has 4 nitrogen and oxygen atoms in total. The first kappa shape index (κ1) is 17.0. The van der Waals surface area contributed by atoms with Gasteiger partial charge in [-0.15, -0.1) is 0 Å². The van der Waals surface area contributed by atoms with Crippen LogP contribution in [0.15, 0.2) is 54.6 Å². The molecule has 24 heavy (non-hydrogen) atoms. The minimum atomic E-state index is 0.612. The van der Waals surface area contributed by atoms with E-state index in [0.29, 0.717) is 6.61 Å². The zero-order valence-electron chi connectivity index (χ0n) is 14.1. The van der Waals surface area contributed by atoms with E-state index in [1.165, 1.54) is 11.1 Å². The molecule has 0 atom stereocenters. The van der Waals surface area contributed by atoms with Crippen molar-refractivity contribution in [1.82, 2.24) is 10.2 Å². The lowest BCUT2D eigenvalue weighted by Gasteiger charge is -2.26. The molecule has 2 aromatic carbocycles. The zero-order valence-corrected chi connectivity index (χ0v) is 14.1. The van der Waals surface area contributed by atoms with E-state index in [1.807, 2.05) is 18.2 Å². The van der Waals surface area contributed by atoms with Crippen molar-refractivity contribution >= 4 is 0 Å². The van der Waals surface area contributed by atoms with E-state index in [-0.39, 0.29) is 0 Å². The van der Waals surface area contributed by atoms with Gasteiger partial charge in [-0.1, -0.05) is 42.5 Å². The Kier molecular flexibility index (Phi) is 6.66. The zero-order chi connectivity index (χ0) is 16.5. The molecule has 1 saturated heterocycles. The number of nitrogens with one attached hydrogen (secondary N) is 1. The first-order chi connectivity index (χ1) is 11.9. The third-order valence-electron chi connectivity index (χ3n) is 4.20. The summed E-state index contributed by atoms with van der Waals surface area (Å²) in [6.45, 7) is 6.31. The number of benzene rings is 2. The van der Waals surface area contributed by atoms with Gasteiger partial charge in [-0.05, 0) is 29.7 Å². The predicted octanol–water partition coefficient (Wildman–Crippen LogP) is 2.69. The maximum absolute atomic E-state index is 5.82. The number of rotatable bonds is 8. The maximum Gasteiger partial charge on any atom is 0.119 e.